The molecular weight excluding hydrogens is 232 g/mol. The zero-order chi connectivity index (χ0) is 12.5. The Bertz CT molecular complexity index is 446. The normalized spacial score (nSPS) is 23.0. The minimum atomic E-state index is -0.492. The van der Waals surface area contributed by atoms with E-state index < -0.39 is 5.41 Å². The predicted octanol–water partition coefficient (Wildman–Crippen LogP) is 1.90. The van der Waals surface area contributed by atoms with E-state index >= 15 is 0 Å². The number of nitrogens with one attached hydrogen (secondary N) is 1. The monoisotopic (exact) mass is 246 g/mol. The van der Waals surface area contributed by atoms with E-state index in [-0.39, 0.29) is 0 Å². The van der Waals surface area contributed by atoms with Gasteiger partial charge in [-0.1, -0.05) is 19.3 Å². The summed E-state index contributed by atoms with van der Waals surface area (Å²) >= 11 is 4.28. The summed E-state index contributed by atoms with van der Waals surface area (Å²) in [5.41, 5.74) is 6.43. The molecule has 1 fully saturated rings. The maximum atomic E-state index is 9.31. The Morgan fingerprint density at radius 2 is 1.71 bits per heavy atom. The summed E-state index contributed by atoms with van der Waals surface area (Å²) in [6.45, 7) is 0. The van der Waals surface area contributed by atoms with Gasteiger partial charge < -0.3 is 11.1 Å². The van der Waals surface area contributed by atoms with Crippen LogP contribution in [0.1, 0.15) is 32.1 Å². The van der Waals surface area contributed by atoms with E-state index in [2.05, 4.69) is 30.1 Å². The van der Waals surface area contributed by atoms with Gasteiger partial charge in [0.05, 0.1) is 28.3 Å². The predicted molar refractivity (Wildman–Crippen MR) is 67.1 cm³/mol. The first-order valence-electron chi connectivity index (χ1n) is 5.67. The van der Waals surface area contributed by atoms with Crippen molar-refractivity contribution in [1.82, 2.24) is 5.32 Å². The summed E-state index contributed by atoms with van der Waals surface area (Å²) in [5.74, 6) is 0.346. The van der Waals surface area contributed by atoms with Crippen molar-refractivity contribution in [3.05, 3.63) is 22.0 Å². The highest BCUT2D eigenvalue weighted by Crippen LogP contribution is 2.50. The molecule has 1 saturated carbocycles. The second-order valence-corrected chi connectivity index (χ2v) is 4.95. The van der Waals surface area contributed by atoms with E-state index in [1.54, 1.807) is 0 Å². The highest BCUT2D eigenvalue weighted by atomic mass is 32.1. The summed E-state index contributed by atoms with van der Waals surface area (Å²) in [4.78, 5) is 0. The van der Waals surface area contributed by atoms with Gasteiger partial charge in [-0.2, -0.15) is 10.5 Å². The Hall–Kier alpha value is -1.59. The highest BCUT2D eigenvalue weighted by molar-refractivity contribution is 7.84. The van der Waals surface area contributed by atoms with E-state index in [9.17, 15) is 10.5 Å². The van der Waals surface area contributed by atoms with Gasteiger partial charge in [-0.25, -0.2) is 0 Å². The molecule has 1 aliphatic carbocycles. The molecule has 2 rings (SSSR count). The van der Waals surface area contributed by atoms with Crippen LogP contribution in [0.25, 0.3) is 0 Å². The van der Waals surface area contributed by atoms with Crippen molar-refractivity contribution in [2.24, 2.45) is 11.1 Å². The second-order valence-electron chi connectivity index (χ2n) is 4.50. The number of dihydropyridines is 1. The van der Waals surface area contributed by atoms with Crippen molar-refractivity contribution in [3.8, 4) is 12.1 Å². The van der Waals surface area contributed by atoms with Gasteiger partial charge in [-0.15, -0.1) is 12.6 Å². The minimum absolute atomic E-state index is 0.346. The van der Waals surface area contributed by atoms with Gasteiger partial charge in [0.1, 0.15) is 5.82 Å². The number of nitriles is 2. The number of nitrogens with two attached hydrogens (primary N) is 1. The van der Waals surface area contributed by atoms with E-state index in [4.69, 9.17) is 5.73 Å². The molecule has 3 N–H and O–H groups in total. The molecule has 2 aliphatic rings. The van der Waals surface area contributed by atoms with Crippen LogP contribution in [0, 0.1) is 28.1 Å². The third-order valence-corrected chi connectivity index (χ3v) is 3.98. The molecule has 1 spiro atoms. The lowest BCUT2D eigenvalue weighted by atomic mass is 9.64. The molecule has 5 heteroatoms. The zero-order valence-electron chi connectivity index (χ0n) is 9.45. The molecule has 0 aromatic heterocycles. The van der Waals surface area contributed by atoms with Crippen molar-refractivity contribution in [2.75, 3.05) is 0 Å². The first-order valence-corrected chi connectivity index (χ1v) is 6.11. The van der Waals surface area contributed by atoms with Crippen LogP contribution >= 0.6 is 12.6 Å². The maximum absolute atomic E-state index is 9.31. The number of nitrogens with zero attached hydrogens (tertiary/aromatic N) is 2. The van der Waals surface area contributed by atoms with Crippen molar-refractivity contribution in [3.63, 3.8) is 0 Å². The second kappa shape index (κ2) is 4.35. The Morgan fingerprint density at radius 3 is 2.24 bits per heavy atom. The maximum Gasteiger partial charge on any atom is 0.116 e. The van der Waals surface area contributed by atoms with Crippen LogP contribution in [-0.4, -0.2) is 0 Å². The molecule has 88 valence electrons. The van der Waals surface area contributed by atoms with Crippen LogP contribution < -0.4 is 11.1 Å². The average molecular weight is 246 g/mol. The molecule has 0 amide bonds. The van der Waals surface area contributed by atoms with Gasteiger partial charge in [-0.3, -0.25) is 0 Å². The van der Waals surface area contributed by atoms with Crippen molar-refractivity contribution < 1.29 is 0 Å². The molecule has 0 radical (unpaired) electrons. The van der Waals surface area contributed by atoms with E-state index in [1.165, 1.54) is 0 Å². The van der Waals surface area contributed by atoms with Crippen LogP contribution in [0.4, 0.5) is 0 Å². The number of thiol groups is 1. The summed E-state index contributed by atoms with van der Waals surface area (Å²) in [6.07, 6.45) is 4.81. The molecule has 0 aromatic rings. The molecule has 1 aliphatic heterocycles. The van der Waals surface area contributed by atoms with Crippen molar-refractivity contribution in [2.45, 2.75) is 32.1 Å². The summed E-state index contributed by atoms with van der Waals surface area (Å²) < 4.78 is 0. The van der Waals surface area contributed by atoms with Gasteiger partial charge in [0.15, 0.2) is 0 Å². The molecular formula is C12H14N4S. The number of allylic oxidation sites excluding steroid dienone is 2. The average Bonchev–Trinajstić information content (AvgIpc) is 2.30. The smallest absolute Gasteiger partial charge is 0.116 e. The van der Waals surface area contributed by atoms with Crippen LogP contribution in [0.3, 0.4) is 0 Å². The Morgan fingerprint density at radius 1 is 1.12 bits per heavy atom. The van der Waals surface area contributed by atoms with Gasteiger partial charge in [0.2, 0.25) is 0 Å². The Labute approximate surface area is 106 Å². The number of hydrogen-bond acceptors (Lipinski definition) is 5. The van der Waals surface area contributed by atoms with Crippen molar-refractivity contribution >= 4 is 12.6 Å². The van der Waals surface area contributed by atoms with E-state index in [0.29, 0.717) is 22.0 Å². The fourth-order valence-corrected chi connectivity index (χ4v) is 3.23. The van der Waals surface area contributed by atoms with Gasteiger partial charge in [0.25, 0.3) is 0 Å². The van der Waals surface area contributed by atoms with Gasteiger partial charge in [-0.05, 0) is 12.8 Å². The fraction of sp³-hybridized carbons (Fsp3) is 0.500. The van der Waals surface area contributed by atoms with E-state index in [0.717, 1.165) is 32.1 Å². The molecule has 0 atom stereocenters. The highest BCUT2D eigenvalue weighted by Gasteiger charge is 2.45. The first kappa shape index (κ1) is 11.9. The van der Waals surface area contributed by atoms with E-state index in [1.807, 2.05) is 0 Å². The standard InChI is InChI=1S/C12H14N4S/c13-6-8-10(15)16-11(17)9(7-14)12(8)4-2-1-3-5-12/h16-17H,1-5,15H2. The number of rotatable bonds is 0. The van der Waals surface area contributed by atoms with Crippen LogP contribution in [0.5, 0.6) is 0 Å². The lowest BCUT2D eigenvalue weighted by Crippen LogP contribution is -2.38. The molecule has 1 heterocycles. The first-order chi connectivity index (χ1) is 8.15. The summed E-state index contributed by atoms with van der Waals surface area (Å²) in [7, 11) is 0. The quantitative estimate of drug-likeness (QED) is 0.570. The van der Waals surface area contributed by atoms with Gasteiger partial charge >= 0.3 is 0 Å². The fourth-order valence-electron chi connectivity index (χ4n) is 2.84. The molecule has 17 heavy (non-hydrogen) atoms. The topological polar surface area (TPSA) is 85.6 Å². The molecule has 0 saturated heterocycles. The third kappa shape index (κ3) is 1.67. The lowest BCUT2D eigenvalue weighted by molar-refractivity contribution is 0.294. The van der Waals surface area contributed by atoms with Gasteiger partial charge in [0, 0.05) is 5.41 Å². The Kier molecular flexibility index (Phi) is 3.04. The lowest BCUT2D eigenvalue weighted by Gasteiger charge is -2.40. The summed E-state index contributed by atoms with van der Waals surface area (Å²) in [6, 6.07) is 4.37. The van der Waals surface area contributed by atoms with Crippen LogP contribution in [0.15, 0.2) is 22.0 Å². The molecule has 4 nitrogen and oxygen atoms in total. The summed E-state index contributed by atoms with van der Waals surface area (Å²) in [5, 5.41) is 21.9. The largest absolute Gasteiger partial charge is 0.384 e. The molecule has 0 unspecified atom stereocenters. The van der Waals surface area contributed by atoms with Crippen LogP contribution in [-0.2, 0) is 0 Å². The van der Waals surface area contributed by atoms with Crippen LogP contribution in [0.2, 0.25) is 0 Å². The minimum Gasteiger partial charge on any atom is -0.384 e. The SMILES string of the molecule is N#CC1=C(N)NC(S)=C(C#N)C12CCCCC2. The molecule has 0 aromatic carbocycles. The number of hydrogen-bond donors (Lipinski definition) is 3. The third-order valence-electron chi connectivity index (χ3n) is 3.65. The Balaban J connectivity index is 2.59. The van der Waals surface area contributed by atoms with Crippen molar-refractivity contribution in [1.29, 1.82) is 10.5 Å². The zero-order valence-corrected chi connectivity index (χ0v) is 10.3. The molecule has 0 bridgehead atoms.